The second kappa shape index (κ2) is 13.4. The Balaban J connectivity index is 1.35. The van der Waals surface area contributed by atoms with Gasteiger partial charge in [-0.05, 0) is 63.8 Å². The average molecular weight is 648 g/mol. The van der Waals surface area contributed by atoms with Crippen molar-refractivity contribution in [3.05, 3.63) is 139 Å². The topological polar surface area (TPSA) is 77.5 Å². The normalized spacial score (nSPS) is 10.6. The molecule has 0 saturated carbocycles. The highest BCUT2D eigenvalue weighted by Gasteiger charge is 2.17. The third kappa shape index (κ3) is 7.68. The predicted molar refractivity (Wildman–Crippen MR) is 156 cm³/mol. The average Bonchev–Trinajstić information content (AvgIpc) is 2.96. The van der Waals surface area contributed by atoms with Gasteiger partial charge in [0, 0.05) is 32.1 Å². The van der Waals surface area contributed by atoms with Crippen LogP contribution in [0.5, 0.6) is 0 Å². The maximum absolute atomic E-state index is 12.9. The summed E-state index contributed by atoms with van der Waals surface area (Å²) in [6.45, 7) is 0.0428. The van der Waals surface area contributed by atoms with Gasteiger partial charge in [-0.25, -0.2) is 4.79 Å². The molecule has 0 saturated heterocycles. The van der Waals surface area contributed by atoms with Crippen molar-refractivity contribution >= 4 is 55.2 Å². The van der Waals surface area contributed by atoms with E-state index in [0.717, 1.165) is 5.56 Å². The molecule has 4 rings (SSSR count). The molecule has 0 fully saturated rings. The van der Waals surface area contributed by atoms with Gasteiger partial charge in [0.25, 0.3) is 0 Å². The van der Waals surface area contributed by atoms with Gasteiger partial charge in [-0.1, -0.05) is 82.7 Å². The minimum Gasteiger partial charge on any atom is -0.457 e. The molecule has 0 radical (unpaired) electrons. The van der Waals surface area contributed by atoms with E-state index in [4.69, 9.17) is 4.74 Å². The Morgan fingerprint density at radius 2 is 1.28 bits per heavy atom. The first-order valence-corrected chi connectivity index (χ1v) is 13.8. The molecule has 7 heteroatoms. The number of ether oxygens (including phenoxy) is 1. The van der Waals surface area contributed by atoms with E-state index in [1.165, 1.54) is 0 Å². The number of benzene rings is 4. The largest absolute Gasteiger partial charge is 0.457 e. The third-order valence-electron chi connectivity index (χ3n) is 6.10. The summed E-state index contributed by atoms with van der Waals surface area (Å²) in [5, 5.41) is 0. The molecule has 0 aliphatic carbocycles. The van der Waals surface area contributed by atoms with E-state index in [2.05, 4.69) is 31.9 Å². The number of ketones is 3. The number of aryl methyl sites for hydroxylation is 1. The molecule has 0 N–H and O–H groups in total. The zero-order chi connectivity index (χ0) is 27.8. The summed E-state index contributed by atoms with van der Waals surface area (Å²) in [6, 6.07) is 28.1. The molecular weight excluding hydrogens is 624 g/mol. The molecule has 0 aliphatic rings. The van der Waals surface area contributed by atoms with Gasteiger partial charge in [-0.15, -0.1) is 0 Å². The number of esters is 1. The highest BCUT2D eigenvalue weighted by molar-refractivity contribution is 9.10. The minimum absolute atomic E-state index is 0.0428. The summed E-state index contributed by atoms with van der Waals surface area (Å²) < 4.78 is 6.68. The molecule has 5 nitrogen and oxygen atoms in total. The lowest BCUT2D eigenvalue weighted by molar-refractivity contribution is 0.0471. The number of hydrogen-bond acceptors (Lipinski definition) is 5. The first kappa shape index (κ1) is 28.3. The molecule has 0 heterocycles. The smallest absolute Gasteiger partial charge is 0.339 e. The third-order valence-corrected chi connectivity index (χ3v) is 7.48. The predicted octanol–water partition coefficient (Wildman–Crippen LogP) is 7.84. The second-order valence-corrected chi connectivity index (χ2v) is 10.6. The highest BCUT2D eigenvalue weighted by Crippen LogP contribution is 2.23. The number of carbonyl (C=O) groups excluding carboxylic acids is 4. The van der Waals surface area contributed by atoms with Gasteiger partial charge in [-0.3, -0.25) is 14.4 Å². The van der Waals surface area contributed by atoms with Crippen molar-refractivity contribution in [1.29, 1.82) is 0 Å². The van der Waals surface area contributed by atoms with Crippen LogP contribution < -0.4 is 0 Å². The summed E-state index contributed by atoms with van der Waals surface area (Å²) in [5.41, 5.74) is 3.39. The number of halogens is 2. The summed E-state index contributed by atoms with van der Waals surface area (Å²) in [4.78, 5) is 50.7. The van der Waals surface area contributed by atoms with Crippen molar-refractivity contribution in [3.8, 4) is 0 Å². The van der Waals surface area contributed by atoms with Crippen molar-refractivity contribution in [1.82, 2.24) is 0 Å². The Kier molecular flexibility index (Phi) is 9.74. The quantitative estimate of drug-likeness (QED) is 0.0942. The Hall–Kier alpha value is -3.68. The van der Waals surface area contributed by atoms with E-state index in [0.29, 0.717) is 43.2 Å². The molecule has 4 aromatic rings. The van der Waals surface area contributed by atoms with Crippen molar-refractivity contribution in [2.75, 3.05) is 0 Å². The van der Waals surface area contributed by atoms with Crippen LogP contribution in [-0.4, -0.2) is 23.3 Å². The monoisotopic (exact) mass is 646 g/mol. The number of hydrogen-bond donors (Lipinski definition) is 0. The first-order valence-electron chi connectivity index (χ1n) is 12.3. The lowest BCUT2D eigenvalue weighted by atomic mass is 9.97. The van der Waals surface area contributed by atoms with E-state index in [1.54, 1.807) is 78.9 Å². The van der Waals surface area contributed by atoms with E-state index >= 15 is 0 Å². The van der Waals surface area contributed by atoms with Gasteiger partial charge >= 0.3 is 5.97 Å². The molecule has 0 aliphatic heterocycles. The van der Waals surface area contributed by atoms with Crippen LogP contribution in [0.15, 0.2) is 106 Å². The molecule has 196 valence electrons. The van der Waals surface area contributed by atoms with Crippen molar-refractivity contribution in [2.45, 2.75) is 25.9 Å². The van der Waals surface area contributed by atoms with Gasteiger partial charge in [0.1, 0.15) is 6.61 Å². The number of Topliss-reactive ketones (excluding diaryl/α,β-unsaturated/α-hetero) is 3. The lowest BCUT2D eigenvalue weighted by Crippen LogP contribution is -2.10. The minimum atomic E-state index is -0.453. The van der Waals surface area contributed by atoms with E-state index in [-0.39, 0.29) is 36.8 Å². The molecule has 39 heavy (non-hydrogen) atoms. The molecule has 0 spiro atoms. The fourth-order valence-electron chi connectivity index (χ4n) is 4.00. The van der Waals surface area contributed by atoms with Crippen LogP contribution in [0, 0.1) is 0 Å². The Morgan fingerprint density at radius 3 is 2.05 bits per heavy atom. The first-order chi connectivity index (χ1) is 18.8. The van der Waals surface area contributed by atoms with Crippen LogP contribution >= 0.6 is 31.9 Å². The SMILES string of the molecule is O=C(CCc1ccc(Br)c(C(=O)CC(=O)c2ccccc2)c1)c1cccc(COC(=O)c2ccccc2Br)c1. The molecule has 0 amide bonds. The van der Waals surface area contributed by atoms with Gasteiger partial charge in [0.15, 0.2) is 17.3 Å². The second-order valence-electron chi connectivity index (χ2n) is 8.88. The van der Waals surface area contributed by atoms with Crippen molar-refractivity contribution < 1.29 is 23.9 Å². The van der Waals surface area contributed by atoms with Crippen LogP contribution in [-0.2, 0) is 17.8 Å². The Labute approximate surface area is 243 Å². The molecule has 0 unspecified atom stereocenters. The van der Waals surface area contributed by atoms with Crippen LogP contribution in [0.2, 0.25) is 0 Å². The van der Waals surface area contributed by atoms with Crippen LogP contribution in [0.4, 0.5) is 0 Å². The zero-order valence-corrected chi connectivity index (χ0v) is 24.0. The standard InChI is InChI=1S/C32H24Br2O5/c33-27-12-5-4-11-25(27)32(38)39-20-22-7-6-10-24(17-22)29(35)16-14-21-13-15-28(34)26(18-21)31(37)19-30(36)23-8-2-1-3-9-23/h1-13,15,17-18H,14,16,19-20H2. The van der Waals surface area contributed by atoms with Gasteiger partial charge in [-0.2, -0.15) is 0 Å². The molecule has 0 aromatic heterocycles. The zero-order valence-electron chi connectivity index (χ0n) is 20.9. The summed E-state index contributed by atoms with van der Waals surface area (Å²) in [7, 11) is 0. The van der Waals surface area contributed by atoms with E-state index < -0.39 is 5.97 Å². The van der Waals surface area contributed by atoms with Crippen molar-refractivity contribution in [3.63, 3.8) is 0 Å². The summed E-state index contributed by atoms with van der Waals surface area (Å²) >= 11 is 6.75. The van der Waals surface area contributed by atoms with Crippen molar-refractivity contribution in [2.24, 2.45) is 0 Å². The molecular formula is C32H24Br2O5. The fourth-order valence-corrected chi connectivity index (χ4v) is 4.91. The Bertz CT molecular complexity index is 1530. The molecule has 0 bridgehead atoms. The number of rotatable bonds is 11. The molecule has 0 atom stereocenters. The van der Waals surface area contributed by atoms with Crippen LogP contribution in [0.25, 0.3) is 0 Å². The van der Waals surface area contributed by atoms with E-state index in [9.17, 15) is 19.2 Å². The number of carbonyl (C=O) groups is 4. The van der Waals surface area contributed by atoms with Gasteiger partial charge in [0.05, 0.1) is 12.0 Å². The fraction of sp³-hybridized carbons (Fsp3) is 0.125. The maximum atomic E-state index is 12.9. The van der Waals surface area contributed by atoms with E-state index in [1.807, 2.05) is 18.2 Å². The van der Waals surface area contributed by atoms with Crippen LogP contribution in [0.3, 0.4) is 0 Å². The lowest BCUT2D eigenvalue weighted by Gasteiger charge is -2.09. The van der Waals surface area contributed by atoms with Crippen LogP contribution in [0.1, 0.15) is 65.4 Å². The summed E-state index contributed by atoms with van der Waals surface area (Å²) in [6.07, 6.45) is 0.433. The summed E-state index contributed by atoms with van der Waals surface area (Å²) in [5.74, 6) is -1.04. The molecule has 4 aromatic carbocycles. The van der Waals surface area contributed by atoms with Gasteiger partial charge in [0.2, 0.25) is 0 Å². The van der Waals surface area contributed by atoms with Gasteiger partial charge < -0.3 is 4.74 Å². The highest BCUT2D eigenvalue weighted by atomic mass is 79.9. The maximum Gasteiger partial charge on any atom is 0.339 e. The Morgan fingerprint density at radius 1 is 0.590 bits per heavy atom.